The van der Waals surface area contributed by atoms with Crippen LogP contribution in [0.2, 0.25) is 0 Å². The monoisotopic (exact) mass is 157 g/mol. The third kappa shape index (κ3) is 4.77. The number of rotatable bonds is 5. The fourth-order valence-electron chi connectivity index (χ4n) is 1.00. The maximum Gasteiger partial charge on any atom is 0.0668 e. The first-order valence-corrected chi connectivity index (χ1v) is 5.84. The lowest BCUT2D eigenvalue weighted by Crippen LogP contribution is -1.91. The molecule has 58 valence electrons. The summed E-state index contributed by atoms with van der Waals surface area (Å²) in [4.78, 5) is 0. The zero-order valence-electron chi connectivity index (χ0n) is 6.93. The molecule has 0 atom stereocenters. The average molecular weight is 157 g/mol. The molecule has 0 unspecified atom stereocenters. The van der Waals surface area contributed by atoms with Crippen molar-refractivity contribution in [3.8, 4) is 6.07 Å². The van der Waals surface area contributed by atoms with Gasteiger partial charge in [-0.1, -0.05) is 34.6 Å². The Bertz CT molecular complexity index is 100. The topological polar surface area (TPSA) is 23.8 Å². The molecule has 1 nitrogen and oxygen atoms in total. The van der Waals surface area contributed by atoms with Gasteiger partial charge in [0.05, 0.1) is 12.2 Å². The molecule has 0 radical (unpaired) electrons. The van der Waals surface area contributed by atoms with Gasteiger partial charge in [0.1, 0.15) is 0 Å². The van der Waals surface area contributed by atoms with Crippen molar-refractivity contribution in [1.29, 1.82) is 5.26 Å². The van der Waals surface area contributed by atoms with Gasteiger partial charge >= 0.3 is 0 Å². The third-order valence-corrected chi connectivity index (χ3v) is 4.12. The summed E-state index contributed by atoms with van der Waals surface area (Å²) in [6.45, 7) is 4.39. The lowest BCUT2D eigenvalue weighted by molar-refractivity contribution is 1.05. The minimum absolute atomic E-state index is 0.0779. The first-order valence-electron chi connectivity index (χ1n) is 3.94. The Kier molecular flexibility index (Phi) is 6.98. The highest BCUT2D eigenvalue weighted by atomic mass is 31.1. The molecule has 0 amide bonds. The summed E-state index contributed by atoms with van der Waals surface area (Å²) in [5, 5.41) is 8.46. The van der Waals surface area contributed by atoms with Crippen molar-refractivity contribution < 1.29 is 0 Å². The van der Waals surface area contributed by atoms with Crippen LogP contribution in [0.1, 0.15) is 26.7 Å². The summed E-state index contributed by atoms with van der Waals surface area (Å²) >= 11 is 0. The van der Waals surface area contributed by atoms with Crippen LogP contribution in [0.4, 0.5) is 0 Å². The molecule has 0 N–H and O–H groups in total. The number of hydrogen-bond acceptors (Lipinski definition) is 1. The molecule has 0 aromatic carbocycles. The molecule has 0 rings (SSSR count). The molecular formula is C8H16NP. The fourth-order valence-corrected chi connectivity index (χ4v) is 3.01. The van der Waals surface area contributed by atoms with E-state index >= 15 is 0 Å². The average Bonchev–Trinajstić information content (AvgIpc) is 1.90. The molecule has 0 heterocycles. The van der Waals surface area contributed by atoms with Gasteiger partial charge in [-0.05, 0) is 12.3 Å². The molecule has 0 bridgehead atoms. The van der Waals surface area contributed by atoms with Crippen LogP contribution in [0.25, 0.3) is 0 Å². The maximum absolute atomic E-state index is 8.46. The standard InChI is InChI=1S/C8H16NP/c1-3-6-10(7-4-2)8-5-9/h3-4,6-8H2,1-2H3. The second-order valence-electron chi connectivity index (χ2n) is 2.43. The Balaban J connectivity index is 3.42. The van der Waals surface area contributed by atoms with Crippen molar-refractivity contribution in [2.75, 3.05) is 18.5 Å². The van der Waals surface area contributed by atoms with Crippen molar-refractivity contribution in [1.82, 2.24) is 0 Å². The van der Waals surface area contributed by atoms with Crippen LogP contribution in [-0.4, -0.2) is 18.5 Å². The summed E-state index contributed by atoms with van der Waals surface area (Å²) in [6.07, 6.45) is 5.88. The van der Waals surface area contributed by atoms with Crippen molar-refractivity contribution >= 4 is 7.92 Å². The Morgan fingerprint density at radius 1 is 1.20 bits per heavy atom. The highest BCUT2D eigenvalue weighted by Crippen LogP contribution is 2.35. The molecule has 0 spiro atoms. The molecule has 0 aliphatic rings. The molecule has 0 saturated carbocycles. The first kappa shape index (κ1) is 9.92. The Morgan fingerprint density at radius 3 is 2.00 bits per heavy atom. The van der Waals surface area contributed by atoms with E-state index in [1.165, 1.54) is 25.2 Å². The van der Waals surface area contributed by atoms with Gasteiger partial charge in [-0.3, -0.25) is 0 Å². The second-order valence-corrected chi connectivity index (χ2v) is 4.99. The van der Waals surface area contributed by atoms with Crippen LogP contribution in [-0.2, 0) is 0 Å². The van der Waals surface area contributed by atoms with Gasteiger partial charge in [-0.25, -0.2) is 0 Å². The van der Waals surface area contributed by atoms with Gasteiger partial charge in [0.15, 0.2) is 0 Å². The molecule has 0 aromatic heterocycles. The van der Waals surface area contributed by atoms with Gasteiger partial charge in [-0.15, -0.1) is 0 Å². The van der Waals surface area contributed by atoms with Crippen LogP contribution < -0.4 is 0 Å². The summed E-state index contributed by atoms with van der Waals surface area (Å²) in [5.41, 5.74) is 0. The van der Waals surface area contributed by atoms with Crippen LogP contribution in [0.15, 0.2) is 0 Å². The summed E-state index contributed by atoms with van der Waals surface area (Å²) in [7, 11) is 0.0779. The van der Waals surface area contributed by atoms with Crippen molar-refractivity contribution in [3.63, 3.8) is 0 Å². The van der Waals surface area contributed by atoms with Gasteiger partial charge in [0.25, 0.3) is 0 Å². The predicted octanol–water partition coefficient (Wildman–Crippen LogP) is 2.81. The number of nitrogens with zero attached hydrogens (tertiary/aromatic N) is 1. The van der Waals surface area contributed by atoms with E-state index in [1.807, 2.05) is 0 Å². The van der Waals surface area contributed by atoms with Gasteiger partial charge in [0, 0.05) is 0 Å². The van der Waals surface area contributed by atoms with E-state index in [9.17, 15) is 0 Å². The Labute approximate surface area is 65.2 Å². The van der Waals surface area contributed by atoms with E-state index < -0.39 is 0 Å². The molecular weight excluding hydrogens is 141 g/mol. The number of nitriles is 1. The van der Waals surface area contributed by atoms with E-state index in [1.54, 1.807) is 0 Å². The fraction of sp³-hybridized carbons (Fsp3) is 0.875. The zero-order valence-corrected chi connectivity index (χ0v) is 7.82. The third-order valence-electron chi connectivity index (χ3n) is 1.37. The molecule has 0 saturated heterocycles. The smallest absolute Gasteiger partial charge is 0.0668 e. The minimum atomic E-state index is 0.0779. The van der Waals surface area contributed by atoms with E-state index in [0.29, 0.717) is 0 Å². The predicted molar refractivity (Wildman–Crippen MR) is 47.7 cm³/mol. The number of hydrogen-bond donors (Lipinski definition) is 0. The molecule has 0 aromatic rings. The Morgan fingerprint density at radius 2 is 1.70 bits per heavy atom. The van der Waals surface area contributed by atoms with E-state index in [4.69, 9.17) is 5.26 Å². The first-order chi connectivity index (χ1) is 4.85. The van der Waals surface area contributed by atoms with Crippen LogP contribution in [0, 0.1) is 11.3 Å². The lowest BCUT2D eigenvalue weighted by atomic mass is 10.6. The normalized spacial score (nSPS) is 9.80. The molecule has 2 heteroatoms. The lowest BCUT2D eigenvalue weighted by Gasteiger charge is -2.10. The van der Waals surface area contributed by atoms with Crippen molar-refractivity contribution in [2.24, 2.45) is 0 Å². The van der Waals surface area contributed by atoms with Crippen molar-refractivity contribution in [3.05, 3.63) is 0 Å². The second kappa shape index (κ2) is 7.03. The quantitative estimate of drug-likeness (QED) is 0.563. The maximum atomic E-state index is 8.46. The van der Waals surface area contributed by atoms with Crippen LogP contribution >= 0.6 is 7.92 Å². The van der Waals surface area contributed by atoms with Crippen LogP contribution in [0.5, 0.6) is 0 Å². The summed E-state index contributed by atoms with van der Waals surface area (Å²) < 4.78 is 0. The largest absolute Gasteiger partial charge is 0.198 e. The SMILES string of the molecule is CCCP(CC#N)CCC. The van der Waals surface area contributed by atoms with E-state index in [-0.39, 0.29) is 7.92 Å². The van der Waals surface area contributed by atoms with E-state index in [0.717, 1.165) is 6.16 Å². The van der Waals surface area contributed by atoms with Gasteiger partial charge in [0.2, 0.25) is 0 Å². The molecule has 0 aliphatic heterocycles. The molecule has 0 fully saturated rings. The summed E-state index contributed by atoms with van der Waals surface area (Å²) in [5.74, 6) is 0. The van der Waals surface area contributed by atoms with Crippen LogP contribution in [0.3, 0.4) is 0 Å². The van der Waals surface area contributed by atoms with Gasteiger partial charge < -0.3 is 0 Å². The highest BCUT2D eigenvalue weighted by molar-refractivity contribution is 7.57. The van der Waals surface area contributed by atoms with Gasteiger partial charge in [-0.2, -0.15) is 5.26 Å². The molecule has 0 aliphatic carbocycles. The summed E-state index contributed by atoms with van der Waals surface area (Å²) in [6, 6.07) is 2.27. The Hall–Kier alpha value is -0.0800. The highest BCUT2D eigenvalue weighted by Gasteiger charge is 2.03. The van der Waals surface area contributed by atoms with E-state index in [2.05, 4.69) is 19.9 Å². The zero-order chi connectivity index (χ0) is 7.82. The van der Waals surface area contributed by atoms with Crippen molar-refractivity contribution in [2.45, 2.75) is 26.7 Å². The minimum Gasteiger partial charge on any atom is -0.198 e. The molecule has 10 heavy (non-hydrogen) atoms.